The van der Waals surface area contributed by atoms with Crippen LogP contribution < -0.4 is 0 Å². The minimum atomic E-state index is -4.39. The Bertz CT molecular complexity index is 920. The molecular weight excluding hydrogens is 374 g/mol. The van der Waals surface area contributed by atoms with Crippen LogP contribution in [0.4, 0.5) is 0 Å². The predicted octanol–water partition coefficient (Wildman–Crippen LogP) is -0.0444. The summed E-state index contributed by atoms with van der Waals surface area (Å²) in [5.41, 5.74) is -0.0280. The van der Waals surface area contributed by atoms with Gasteiger partial charge in [0.2, 0.25) is 10.0 Å². The maximum atomic E-state index is 12.9. The number of aliphatic carboxylic acids is 1. The van der Waals surface area contributed by atoms with Gasteiger partial charge in [-0.25, -0.2) is 21.6 Å². The van der Waals surface area contributed by atoms with Crippen LogP contribution in [-0.2, 0) is 24.7 Å². The molecule has 1 aliphatic rings. The predicted molar refractivity (Wildman–Crippen MR) is 86.7 cm³/mol. The maximum absolute atomic E-state index is 12.9. The summed E-state index contributed by atoms with van der Waals surface area (Å²) >= 11 is 0. The second-order valence-electron chi connectivity index (χ2n) is 5.79. The van der Waals surface area contributed by atoms with E-state index in [1.165, 1.54) is 19.1 Å². The zero-order valence-electron chi connectivity index (χ0n) is 13.2. The lowest BCUT2D eigenvalue weighted by molar-refractivity contribution is -0.137. The minimum absolute atomic E-state index is 0.00743. The normalized spacial score (nSPS) is 19.8. The highest BCUT2D eigenvalue weighted by atomic mass is 32.2. The zero-order chi connectivity index (χ0) is 19.0. The highest BCUT2D eigenvalue weighted by molar-refractivity contribution is 7.92. The van der Waals surface area contributed by atoms with Crippen LogP contribution in [0.3, 0.4) is 0 Å². The Labute approximate surface area is 144 Å². The van der Waals surface area contributed by atoms with E-state index in [2.05, 4.69) is 0 Å². The van der Waals surface area contributed by atoms with Crippen LogP contribution in [0.2, 0.25) is 0 Å². The lowest BCUT2D eigenvalue weighted by Gasteiger charge is -2.26. The summed E-state index contributed by atoms with van der Waals surface area (Å²) in [6.45, 7) is 0.544. The maximum Gasteiger partial charge on any atom is 0.335 e. The largest absolute Gasteiger partial charge is 0.480 e. The van der Waals surface area contributed by atoms with E-state index < -0.39 is 50.1 Å². The Morgan fingerprint density at radius 3 is 2.40 bits per heavy atom. The average molecular weight is 391 g/mol. The average Bonchev–Trinajstić information content (AvgIpc) is 2.84. The second kappa shape index (κ2) is 6.73. The topological polar surface area (TPSA) is 146 Å². The Balaban J connectivity index is 2.54. The molecule has 138 valence electrons. The highest BCUT2D eigenvalue weighted by Gasteiger charge is 2.40. The van der Waals surface area contributed by atoms with Gasteiger partial charge in [-0.1, -0.05) is 6.07 Å². The molecule has 1 atom stereocenters. The molecule has 1 fully saturated rings. The van der Waals surface area contributed by atoms with Crippen LogP contribution in [0, 0.1) is 6.92 Å². The Kier molecular flexibility index (Phi) is 5.21. The fourth-order valence-corrected chi connectivity index (χ4v) is 6.36. The number of sulfone groups is 1. The molecular formula is C14H17NO8S2. The number of aromatic carboxylic acids is 1. The first-order chi connectivity index (χ1) is 11.4. The van der Waals surface area contributed by atoms with Gasteiger partial charge in [0.1, 0.15) is 6.54 Å². The first kappa shape index (κ1) is 19.3. The number of benzene rings is 1. The zero-order valence-corrected chi connectivity index (χ0v) is 14.9. The van der Waals surface area contributed by atoms with Gasteiger partial charge in [0.05, 0.1) is 22.0 Å². The van der Waals surface area contributed by atoms with Crippen LogP contribution in [0.5, 0.6) is 0 Å². The molecule has 1 heterocycles. The standard InChI is InChI=1S/C14H17NO8S2/c1-9-2-3-10(14(18)19)6-12(9)25(22,23)15(7-13(16)17)11-4-5-24(20,21)8-11/h2-3,6,11H,4-5,7-8H2,1H3,(H,16,17)(H,18,19)/t11-/m1/s1. The number of carboxylic acids is 2. The van der Waals surface area contributed by atoms with Crippen molar-refractivity contribution in [2.45, 2.75) is 24.3 Å². The first-order valence-corrected chi connectivity index (χ1v) is 10.5. The summed E-state index contributed by atoms with van der Waals surface area (Å²) in [5, 5.41) is 18.1. The molecule has 1 aromatic carbocycles. The number of aryl methyl sites for hydroxylation is 1. The van der Waals surface area contributed by atoms with E-state index in [-0.39, 0.29) is 28.2 Å². The van der Waals surface area contributed by atoms with E-state index in [0.29, 0.717) is 4.31 Å². The molecule has 1 aliphatic heterocycles. The first-order valence-electron chi connectivity index (χ1n) is 7.22. The lowest BCUT2D eigenvalue weighted by Crippen LogP contribution is -2.44. The molecule has 1 saturated heterocycles. The minimum Gasteiger partial charge on any atom is -0.480 e. The summed E-state index contributed by atoms with van der Waals surface area (Å²) in [4.78, 5) is 21.9. The van der Waals surface area contributed by atoms with Crippen LogP contribution in [0.1, 0.15) is 22.3 Å². The number of hydrogen-bond acceptors (Lipinski definition) is 6. The van der Waals surface area contributed by atoms with Crippen molar-refractivity contribution in [3.8, 4) is 0 Å². The molecule has 0 aliphatic carbocycles. The molecule has 0 aromatic heterocycles. The van der Waals surface area contributed by atoms with Gasteiger partial charge in [-0.3, -0.25) is 4.79 Å². The second-order valence-corrected chi connectivity index (χ2v) is 9.87. The number of sulfonamides is 1. The lowest BCUT2D eigenvalue weighted by atomic mass is 10.1. The number of carbonyl (C=O) groups is 2. The van der Waals surface area contributed by atoms with E-state index in [4.69, 9.17) is 10.2 Å². The van der Waals surface area contributed by atoms with Crippen molar-refractivity contribution < 1.29 is 36.6 Å². The fourth-order valence-electron chi connectivity index (χ4n) is 2.68. The van der Waals surface area contributed by atoms with Gasteiger partial charge >= 0.3 is 11.9 Å². The van der Waals surface area contributed by atoms with Gasteiger partial charge in [0.15, 0.2) is 9.84 Å². The van der Waals surface area contributed by atoms with Crippen LogP contribution in [0.15, 0.2) is 23.1 Å². The fraction of sp³-hybridized carbons (Fsp3) is 0.429. The van der Waals surface area contributed by atoms with Crippen molar-refractivity contribution in [3.63, 3.8) is 0 Å². The summed E-state index contributed by atoms with van der Waals surface area (Å²) < 4.78 is 49.8. The van der Waals surface area contributed by atoms with Crippen molar-refractivity contribution in [2.75, 3.05) is 18.1 Å². The van der Waals surface area contributed by atoms with Crippen LogP contribution in [0.25, 0.3) is 0 Å². The van der Waals surface area contributed by atoms with Crippen molar-refractivity contribution in [1.29, 1.82) is 0 Å². The molecule has 11 heteroatoms. The van der Waals surface area contributed by atoms with E-state index in [0.717, 1.165) is 6.07 Å². The molecule has 1 aromatic rings. The SMILES string of the molecule is Cc1ccc(C(=O)O)cc1S(=O)(=O)N(CC(=O)O)[C@@H]1CCS(=O)(=O)C1. The van der Waals surface area contributed by atoms with Gasteiger partial charge < -0.3 is 10.2 Å². The third kappa shape index (κ3) is 4.17. The molecule has 0 saturated carbocycles. The summed E-state index contributed by atoms with van der Waals surface area (Å²) in [6.07, 6.45) is -0.00743. The molecule has 9 nitrogen and oxygen atoms in total. The summed E-state index contributed by atoms with van der Waals surface area (Å²) in [7, 11) is -7.84. The van der Waals surface area contributed by atoms with Crippen LogP contribution >= 0.6 is 0 Å². The van der Waals surface area contributed by atoms with Gasteiger partial charge in [-0.15, -0.1) is 0 Å². The summed E-state index contributed by atoms with van der Waals surface area (Å²) in [6, 6.07) is 2.49. The third-order valence-electron chi connectivity index (χ3n) is 3.93. The van der Waals surface area contributed by atoms with Crippen molar-refractivity contribution in [2.24, 2.45) is 0 Å². The molecule has 0 spiro atoms. The van der Waals surface area contributed by atoms with Crippen molar-refractivity contribution in [3.05, 3.63) is 29.3 Å². The van der Waals surface area contributed by atoms with E-state index in [9.17, 15) is 26.4 Å². The van der Waals surface area contributed by atoms with Gasteiger partial charge in [-0.05, 0) is 31.0 Å². The molecule has 0 bridgehead atoms. The smallest absolute Gasteiger partial charge is 0.335 e. The van der Waals surface area contributed by atoms with Crippen molar-refractivity contribution in [1.82, 2.24) is 4.31 Å². The van der Waals surface area contributed by atoms with Gasteiger partial charge in [0.25, 0.3) is 0 Å². The molecule has 25 heavy (non-hydrogen) atoms. The quantitative estimate of drug-likeness (QED) is 0.686. The summed E-state index contributed by atoms with van der Waals surface area (Å²) in [5.74, 6) is -3.45. The Morgan fingerprint density at radius 2 is 1.92 bits per heavy atom. The van der Waals surface area contributed by atoms with E-state index >= 15 is 0 Å². The molecule has 0 amide bonds. The number of carboxylic acid groups (broad SMARTS) is 2. The van der Waals surface area contributed by atoms with Crippen molar-refractivity contribution >= 4 is 31.8 Å². The Morgan fingerprint density at radius 1 is 1.28 bits per heavy atom. The number of rotatable bonds is 6. The van der Waals surface area contributed by atoms with Gasteiger partial charge in [0, 0.05) is 6.04 Å². The molecule has 2 N–H and O–H groups in total. The Hall–Kier alpha value is -1.98. The van der Waals surface area contributed by atoms with Gasteiger partial charge in [-0.2, -0.15) is 4.31 Å². The number of hydrogen-bond donors (Lipinski definition) is 2. The molecule has 0 radical (unpaired) electrons. The molecule has 2 rings (SSSR count). The third-order valence-corrected chi connectivity index (χ3v) is 7.72. The monoisotopic (exact) mass is 391 g/mol. The van der Waals surface area contributed by atoms with Crippen LogP contribution in [-0.4, -0.2) is 67.4 Å². The number of nitrogens with zero attached hydrogens (tertiary/aromatic N) is 1. The van der Waals surface area contributed by atoms with E-state index in [1.807, 2.05) is 0 Å². The van der Waals surface area contributed by atoms with E-state index in [1.54, 1.807) is 0 Å². The molecule has 0 unspecified atom stereocenters. The highest BCUT2D eigenvalue weighted by Crippen LogP contribution is 2.27.